The van der Waals surface area contributed by atoms with Gasteiger partial charge in [0, 0.05) is 19.6 Å². The summed E-state index contributed by atoms with van der Waals surface area (Å²) in [5, 5.41) is 3.56. The second kappa shape index (κ2) is 7.38. The van der Waals surface area contributed by atoms with Crippen molar-refractivity contribution in [3.8, 4) is 0 Å². The average Bonchev–Trinajstić information content (AvgIpc) is 2.21. The molecule has 0 aromatic carbocycles. The Labute approximate surface area is 108 Å². The van der Waals surface area contributed by atoms with Gasteiger partial charge in [-0.05, 0) is 43.7 Å². The van der Waals surface area contributed by atoms with E-state index in [1.165, 1.54) is 45.3 Å². The third-order valence-corrected chi connectivity index (χ3v) is 3.87. The van der Waals surface area contributed by atoms with Crippen molar-refractivity contribution in [3.63, 3.8) is 0 Å². The Bertz CT molecular complexity index is 197. The van der Waals surface area contributed by atoms with Crippen LogP contribution in [-0.2, 0) is 0 Å². The van der Waals surface area contributed by atoms with Gasteiger partial charge in [0.15, 0.2) is 0 Å². The van der Waals surface area contributed by atoms with Gasteiger partial charge in [0.05, 0.1) is 0 Å². The average molecular weight is 240 g/mol. The number of hydrogen-bond acceptors (Lipinski definition) is 2. The van der Waals surface area contributed by atoms with Crippen LogP contribution < -0.4 is 5.32 Å². The van der Waals surface area contributed by atoms with Crippen LogP contribution in [0.5, 0.6) is 0 Å². The predicted molar refractivity (Wildman–Crippen MR) is 76.4 cm³/mol. The fraction of sp³-hybridized carbons (Fsp3) is 1.00. The third-order valence-electron chi connectivity index (χ3n) is 3.87. The minimum atomic E-state index is 0.398. The Morgan fingerprint density at radius 2 is 1.94 bits per heavy atom. The smallest absolute Gasteiger partial charge is 0.00448 e. The maximum atomic E-state index is 3.56. The van der Waals surface area contributed by atoms with Gasteiger partial charge in [-0.1, -0.05) is 34.1 Å². The van der Waals surface area contributed by atoms with Crippen molar-refractivity contribution in [3.05, 3.63) is 0 Å². The van der Waals surface area contributed by atoms with Crippen LogP contribution in [0.1, 0.15) is 53.4 Å². The van der Waals surface area contributed by atoms with E-state index in [4.69, 9.17) is 0 Å². The Hall–Kier alpha value is -0.0800. The number of nitrogens with one attached hydrogen (secondary N) is 1. The second-order valence-corrected chi connectivity index (χ2v) is 6.47. The van der Waals surface area contributed by atoms with Crippen LogP contribution in [0, 0.1) is 11.3 Å². The molecule has 17 heavy (non-hydrogen) atoms. The van der Waals surface area contributed by atoms with Gasteiger partial charge in [0.25, 0.3) is 0 Å². The van der Waals surface area contributed by atoms with Crippen LogP contribution in [0.15, 0.2) is 0 Å². The molecule has 0 atom stereocenters. The van der Waals surface area contributed by atoms with Crippen molar-refractivity contribution in [1.29, 1.82) is 0 Å². The van der Waals surface area contributed by atoms with Crippen LogP contribution in [0.2, 0.25) is 0 Å². The molecule has 1 saturated carbocycles. The van der Waals surface area contributed by atoms with E-state index >= 15 is 0 Å². The molecule has 2 nitrogen and oxygen atoms in total. The van der Waals surface area contributed by atoms with E-state index in [-0.39, 0.29) is 0 Å². The van der Waals surface area contributed by atoms with Gasteiger partial charge >= 0.3 is 0 Å². The molecule has 1 aliphatic rings. The minimum absolute atomic E-state index is 0.398. The summed E-state index contributed by atoms with van der Waals surface area (Å²) < 4.78 is 0. The molecule has 1 aliphatic carbocycles. The maximum absolute atomic E-state index is 3.56. The molecule has 0 amide bonds. The van der Waals surface area contributed by atoms with Crippen LogP contribution >= 0.6 is 0 Å². The van der Waals surface area contributed by atoms with Crippen molar-refractivity contribution >= 4 is 0 Å². The van der Waals surface area contributed by atoms with Crippen molar-refractivity contribution in [2.45, 2.75) is 53.4 Å². The lowest BCUT2D eigenvalue weighted by molar-refractivity contribution is 0.132. The van der Waals surface area contributed by atoms with Gasteiger partial charge < -0.3 is 10.2 Å². The summed E-state index contributed by atoms with van der Waals surface area (Å²) in [6, 6.07) is 0. The molecule has 0 bridgehead atoms. The van der Waals surface area contributed by atoms with Crippen LogP contribution in [0.4, 0.5) is 0 Å². The van der Waals surface area contributed by atoms with E-state index in [0.29, 0.717) is 5.41 Å². The van der Waals surface area contributed by atoms with E-state index in [1.54, 1.807) is 0 Å². The molecule has 0 unspecified atom stereocenters. The summed E-state index contributed by atoms with van der Waals surface area (Å²) in [5.41, 5.74) is 0.398. The first-order chi connectivity index (χ1) is 8.07. The molecule has 0 aromatic rings. The van der Waals surface area contributed by atoms with Gasteiger partial charge in [0.1, 0.15) is 0 Å². The highest BCUT2D eigenvalue weighted by molar-refractivity contribution is 4.79. The molecule has 0 radical (unpaired) electrons. The second-order valence-electron chi connectivity index (χ2n) is 6.47. The molecular formula is C15H32N2. The van der Waals surface area contributed by atoms with Crippen molar-refractivity contribution < 1.29 is 0 Å². The highest BCUT2D eigenvalue weighted by atomic mass is 15.1. The van der Waals surface area contributed by atoms with Crippen molar-refractivity contribution in [1.82, 2.24) is 10.2 Å². The quantitative estimate of drug-likeness (QED) is 0.623. The summed E-state index contributed by atoms with van der Waals surface area (Å²) >= 11 is 0. The molecule has 1 rings (SSSR count). The van der Waals surface area contributed by atoms with Crippen LogP contribution in [-0.4, -0.2) is 37.6 Å². The van der Waals surface area contributed by atoms with Crippen LogP contribution in [0.3, 0.4) is 0 Å². The molecule has 2 heteroatoms. The molecule has 102 valence electrons. The zero-order chi connectivity index (χ0) is 12.7. The minimum Gasteiger partial charge on any atom is -0.316 e. The lowest BCUT2D eigenvalue weighted by Crippen LogP contribution is -2.43. The molecule has 1 fully saturated rings. The SMILES string of the molecule is CCCNCC(C)(C)CN(CC)CC1CCC1. The molecular weight excluding hydrogens is 208 g/mol. The molecule has 0 spiro atoms. The molecule has 0 saturated heterocycles. The first-order valence-corrected chi connectivity index (χ1v) is 7.50. The predicted octanol–water partition coefficient (Wildman–Crippen LogP) is 3.13. The van der Waals surface area contributed by atoms with E-state index in [9.17, 15) is 0 Å². The van der Waals surface area contributed by atoms with E-state index < -0.39 is 0 Å². The van der Waals surface area contributed by atoms with Crippen molar-refractivity contribution in [2.75, 3.05) is 32.7 Å². The lowest BCUT2D eigenvalue weighted by atomic mass is 9.84. The number of nitrogens with zero attached hydrogens (tertiary/aromatic N) is 1. The first kappa shape index (κ1) is 15.0. The molecule has 1 N–H and O–H groups in total. The first-order valence-electron chi connectivity index (χ1n) is 7.50. The Morgan fingerprint density at radius 3 is 2.41 bits per heavy atom. The van der Waals surface area contributed by atoms with E-state index in [0.717, 1.165) is 19.0 Å². The molecule has 0 aliphatic heterocycles. The Morgan fingerprint density at radius 1 is 1.24 bits per heavy atom. The van der Waals surface area contributed by atoms with Gasteiger partial charge in [-0.2, -0.15) is 0 Å². The lowest BCUT2D eigenvalue weighted by Gasteiger charge is -2.36. The molecule has 0 aromatic heterocycles. The summed E-state index contributed by atoms with van der Waals surface area (Å²) in [4.78, 5) is 2.65. The Kier molecular flexibility index (Phi) is 6.50. The fourth-order valence-electron chi connectivity index (χ4n) is 2.61. The summed E-state index contributed by atoms with van der Waals surface area (Å²) in [7, 11) is 0. The normalized spacial score (nSPS) is 17.5. The molecule has 0 heterocycles. The standard InChI is InChI=1S/C15H32N2/c1-5-10-16-12-15(3,4)13-17(6-2)11-14-8-7-9-14/h14,16H,5-13H2,1-4H3. The number of hydrogen-bond donors (Lipinski definition) is 1. The largest absolute Gasteiger partial charge is 0.316 e. The Balaban J connectivity index is 2.25. The van der Waals surface area contributed by atoms with Crippen LogP contribution in [0.25, 0.3) is 0 Å². The zero-order valence-electron chi connectivity index (χ0n) is 12.4. The highest BCUT2D eigenvalue weighted by Gasteiger charge is 2.25. The maximum Gasteiger partial charge on any atom is 0.00448 e. The van der Waals surface area contributed by atoms with E-state index in [1.807, 2.05) is 0 Å². The van der Waals surface area contributed by atoms with E-state index in [2.05, 4.69) is 37.9 Å². The summed E-state index contributed by atoms with van der Waals surface area (Å²) in [6.07, 6.45) is 5.62. The third kappa shape index (κ3) is 5.87. The highest BCUT2D eigenvalue weighted by Crippen LogP contribution is 2.28. The van der Waals surface area contributed by atoms with Gasteiger partial charge in [0.2, 0.25) is 0 Å². The summed E-state index contributed by atoms with van der Waals surface area (Å²) in [5.74, 6) is 0.995. The van der Waals surface area contributed by atoms with Gasteiger partial charge in [-0.3, -0.25) is 0 Å². The number of rotatable bonds is 9. The fourth-order valence-corrected chi connectivity index (χ4v) is 2.61. The topological polar surface area (TPSA) is 15.3 Å². The summed E-state index contributed by atoms with van der Waals surface area (Å²) in [6.45, 7) is 15.4. The van der Waals surface area contributed by atoms with Crippen molar-refractivity contribution in [2.24, 2.45) is 11.3 Å². The monoisotopic (exact) mass is 240 g/mol. The van der Waals surface area contributed by atoms with Gasteiger partial charge in [-0.15, -0.1) is 0 Å². The van der Waals surface area contributed by atoms with Gasteiger partial charge in [-0.25, -0.2) is 0 Å². The zero-order valence-corrected chi connectivity index (χ0v) is 12.4.